The molecule has 1 aromatic carbocycles. The number of benzene rings is 1. The summed E-state index contributed by atoms with van der Waals surface area (Å²) >= 11 is 0. The summed E-state index contributed by atoms with van der Waals surface area (Å²) in [6.07, 6.45) is -0.257. The third-order valence-corrected chi connectivity index (χ3v) is 9.09. The van der Waals surface area contributed by atoms with Gasteiger partial charge in [0.05, 0.1) is 22.1 Å². The maximum absolute atomic E-state index is 13.5. The number of hydrogen-bond donors (Lipinski definition) is 2. The van der Waals surface area contributed by atoms with Crippen LogP contribution in [0.5, 0.6) is 0 Å². The van der Waals surface area contributed by atoms with E-state index in [-0.39, 0.29) is 49.6 Å². The predicted octanol–water partition coefficient (Wildman–Crippen LogP) is 0.283. The lowest BCUT2D eigenvalue weighted by Crippen LogP contribution is -2.48. The molecule has 0 atom stereocenters. The number of piperazine rings is 1. The van der Waals surface area contributed by atoms with Gasteiger partial charge in [-0.2, -0.15) is 21.1 Å². The fraction of sp³-hybridized carbons (Fsp3) is 0.667. The Bertz CT molecular complexity index is 1170. The molecule has 0 radical (unpaired) electrons. The van der Waals surface area contributed by atoms with E-state index >= 15 is 0 Å². The number of nitro groups is 1. The van der Waals surface area contributed by atoms with Crippen molar-refractivity contribution in [1.29, 1.82) is 0 Å². The van der Waals surface area contributed by atoms with Crippen LogP contribution < -0.4 is 4.90 Å². The molecular formula is C18H30N4O10S3. The molecule has 1 aliphatic rings. The largest absolute Gasteiger partial charge is 0.370 e. The van der Waals surface area contributed by atoms with Gasteiger partial charge in [-0.25, -0.2) is 8.42 Å². The fourth-order valence-electron chi connectivity index (χ4n) is 3.74. The molecule has 0 saturated carbocycles. The van der Waals surface area contributed by atoms with Gasteiger partial charge in [0.15, 0.2) is 0 Å². The quantitative estimate of drug-likeness (QED) is 0.191. The van der Waals surface area contributed by atoms with Crippen LogP contribution in [-0.2, 0) is 30.3 Å². The van der Waals surface area contributed by atoms with Crippen LogP contribution in [0.3, 0.4) is 0 Å². The summed E-state index contributed by atoms with van der Waals surface area (Å²) in [7, 11) is -12.8. The van der Waals surface area contributed by atoms with E-state index in [0.29, 0.717) is 13.1 Å². The lowest BCUT2D eigenvalue weighted by atomic mass is 10.2. The van der Waals surface area contributed by atoms with Crippen molar-refractivity contribution in [2.24, 2.45) is 0 Å². The summed E-state index contributed by atoms with van der Waals surface area (Å²) in [5.41, 5.74) is -0.436. The zero-order valence-corrected chi connectivity index (χ0v) is 21.6. The highest BCUT2D eigenvalue weighted by Crippen LogP contribution is 2.32. The number of non-ortho nitro benzene ring substituents is 1. The van der Waals surface area contributed by atoms with Crippen molar-refractivity contribution in [3.8, 4) is 0 Å². The van der Waals surface area contributed by atoms with Crippen LogP contribution in [-0.4, -0.2) is 106 Å². The molecule has 1 saturated heterocycles. The van der Waals surface area contributed by atoms with Gasteiger partial charge in [0.1, 0.15) is 4.90 Å². The van der Waals surface area contributed by atoms with Crippen molar-refractivity contribution in [3.05, 3.63) is 28.3 Å². The highest BCUT2D eigenvalue weighted by Gasteiger charge is 2.33. The Hall–Kier alpha value is -1.89. The maximum Gasteiger partial charge on any atom is 0.270 e. The van der Waals surface area contributed by atoms with Gasteiger partial charge in [-0.05, 0) is 25.5 Å². The molecule has 0 unspecified atom stereocenters. The molecule has 1 fully saturated rings. The summed E-state index contributed by atoms with van der Waals surface area (Å²) in [4.78, 5) is 13.7. The Labute approximate surface area is 205 Å². The molecule has 2 N–H and O–H groups in total. The van der Waals surface area contributed by atoms with E-state index in [2.05, 4.69) is 4.90 Å². The Kier molecular flexibility index (Phi) is 9.97. The first kappa shape index (κ1) is 29.3. The van der Waals surface area contributed by atoms with Crippen LogP contribution in [0.15, 0.2) is 23.1 Å². The highest BCUT2D eigenvalue weighted by atomic mass is 32.2. The molecule has 0 aliphatic carbocycles. The molecule has 0 aromatic heterocycles. The number of nitrogens with zero attached hydrogens (tertiary/aromatic N) is 4. The molecule has 1 aromatic rings. The molecular weight excluding hydrogens is 528 g/mol. The predicted molar refractivity (Wildman–Crippen MR) is 128 cm³/mol. The summed E-state index contributed by atoms with van der Waals surface area (Å²) in [5.74, 6) is -1.26. The van der Waals surface area contributed by atoms with E-state index < -0.39 is 52.4 Å². The van der Waals surface area contributed by atoms with E-state index in [1.165, 1.54) is 15.3 Å². The average Bonchev–Trinajstić information content (AvgIpc) is 2.76. The molecule has 17 heteroatoms. The molecule has 1 heterocycles. The molecule has 0 amide bonds. The van der Waals surface area contributed by atoms with Crippen LogP contribution in [0, 0.1) is 10.1 Å². The standard InChI is InChI=1S/C18H30N4O10S3/c1-2-19-9-11-21(12-10-19)35(31,32)18-15-16(22(23)24)5-6-17(18)20(7-3-13-33(25,26)27)8-4-14-34(28,29)30/h5-6,15H,2-4,7-14H2,1H3,(H,25,26,27)(H,28,29,30). The van der Waals surface area contributed by atoms with Crippen LogP contribution in [0.25, 0.3) is 0 Å². The van der Waals surface area contributed by atoms with Crippen molar-refractivity contribution >= 4 is 41.6 Å². The summed E-state index contributed by atoms with van der Waals surface area (Å²) in [6.45, 7) is 3.78. The van der Waals surface area contributed by atoms with Gasteiger partial charge in [0.2, 0.25) is 10.0 Å². The summed E-state index contributed by atoms with van der Waals surface area (Å²) in [5, 5.41) is 11.4. The first-order chi connectivity index (χ1) is 16.1. The lowest BCUT2D eigenvalue weighted by molar-refractivity contribution is -0.385. The second-order valence-corrected chi connectivity index (χ2v) is 13.1. The number of likely N-dealkylation sites (N-methyl/N-ethyl adjacent to an activating group) is 1. The number of nitro benzene ring substituents is 1. The van der Waals surface area contributed by atoms with Crippen molar-refractivity contribution in [2.45, 2.75) is 24.7 Å². The minimum absolute atomic E-state index is 0.0270. The van der Waals surface area contributed by atoms with Gasteiger partial charge in [0, 0.05) is 51.4 Å². The Morgan fingerprint density at radius 3 is 1.89 bits per heavy atom. The molecule has 35 heavy (non-hydrogen) atoms. The topological polar surface area (TPSA) is 196 Å². The van der Waals surface area contributed by atoms with Gasteiger partial charge in [-0.1, -0.05) is 6.92 Å². The maximum atomic E-state index is 13.5. The van der Waals surface area contributed by atoms with Gasteiger partial charge in [-0.15, -0.1) is 0 Å². The Morgan fingerprint density at radius 2 is 1.46 bits per heavy atom. The number of rotatable bonds is 13. The minimum Gasteiger partial charge on any atom is -0.370 e. The molecule has 1 aliphatic heterocycles. The fourth-order valence-corrected chi connectivity index (χ4v) is 6.38. The van der Waals surface area contributed by atoms with E-state index in [1.54, 1.807) is 0 Å². The van der Waals surface area contributed by atoms with E-state index in [4.69, 9.17) is 9.11 Å². The second kappa shape index (κ2) is 11.9. The normalized spacial score (nSPS) is 16.3. The Morgan fingerprint density at radius 1 is 0.943 bits per heavy atom. The molecule has 200 valence electrons. The molecule has 14 nitrogen and oxygen atoms in total. The summed E-state index contributed by atoms with van der Waals surface area (Å²) < 4.78 is 90.9. The van der Waals surface area contributed by atoms with Gasteiger partial charge < -0.3 is 9.80 Å². The summed E-state index contributed by atoms with van der Waals surface area (Å²) in [6, 6.07) is 3.24. The Balaban J connectivity index is 2.47. The van der Waals surface area contributed by atoms with Crippen LogP contribution in [0.2, 0.25) is 0 Å². The smallest absolute Gasteiger partial charge is 0.270 e. The zero-order chi connectivity index (χ0) is 26.4. The van der Waals surface area contributed by atoms with E-state index in [9.17, 15) is 35.4 Å². The van der Waals surface area contributed by atoms with E-state index in [1.807, 2.05) is 6.92 Å². The zero-order valence-electron chi connectivity index (χ0n) is 19.2. The van der Waals surface area contributed by atoms with Gasteiger partial charge in [-0.3, -0.25) is 19.2 Å². The number of hydrogen-bond acceptors (Lipinski definition) is 10. The van der Waals surface area contributed by atoms with Crippen LogP contribution >= 0.6 is 0 Å². The van der Waals surface area contributed by atoms with Crippen LogP contribution in [0.4, 0.5) is 11.4 Å². The first-order valence-corrected chi connectivity index (χ1v) is 15.5. The highest BCUT2D eigenvalue weighted by molar-refractivity contribution is 7.89. The lowest BCUT2D eigenvalue weighted by Gasteiger charge is -2.34. The van der Waals surface area contributed by atoms with Gasteiger partial charge >= 0.3 is 0 Å². The minimum atomic E-state index is -4.31. The average molecular weight is 559 g/mol. The SMILES string of the molecule is CCN1CCN(S(=O)(=O)c2cc([N+](=O)[O-])ccc2N(CCCS(=O)(=O)O)CCCS(=O)(=O)O)CC1. The number of anilines is 1. The third kappa shape index (κ3) is 8.93. The first-order valence-electron chi connectivity index (χ1n) is 10.8. The van der Waals surface area contributed by atoms with Crippen molar-refractivity contribution in [1.82, 2.24) is 9.21 Å². The van der Waals surface area contributed by atoms with E-state index in [0.717, 1.165) is 18.7 Å². The van der Waals surface area contributed by atoms with Crippen molar-refractivity contribution in [2.75, 3.05) is 62.2 Å². The second-order valence-electron chi connectivity index (χ2n) is 8.01. The molecule has 0 spiro atoms. The van der Waals surface area contributed by atoms with Crippen molar-refractivity contribution < 1.29 is 39.3 Å². The van der Waals surface area contributed by atoms with Crippen molar-refractivity contribution in [3.63, 3.8) is 0 Å². The molecule has 2 rings (SSSR count). The number of sulfonamides is 1. The molecule has 0 bridgehead atoms. The van der Waals surface area contributed by atoms with Crippen LogP contribution in [0.1, 0.15) is 19.8 Å². The third-order valence-electron chi connectivity index (χ3n) is 5.55. The van der Waals surface area contributed by atoms with Gasteiger partial charge in [0.25, 0.3) is 25.9 Å². The monoisotopic (exact) mass is 558 g/mol.